The van der Waals surface area contributed by atoms with Crippen LogP contribution in [-0.2, 0) is 9.16 Å². The van der Waals surface area contributed by atoms with E-state index in [1.54, 1.807) is 7.11 Å². The molecule has 1 atom stereocenters. The first-order valence-electron chi connectivity index (χ1n) is 9.82. The molecule has 0 amide bonds. The van der Waals surface area contributed by atoms with Crippen LogP contribution in [0.5, 0.6) is 0 Å². The summed E-state index contributed by atoms with van der Waals surface area (Å²) >= 11 is 0. The van der Waals surface area contributed by atoms with Crippen LogP contribution in [-0.4, -0.2) is 37.5 Å². The summed E-state index contributed by atoms with van der Waals surface area (Å²) in [7, 11) is -0.557. The third-order valence-electron chi connectivity index (χ3n) is 5.36. The average molecular weight is 406 g/mol. The number of methoxy groups -OCH3 is 1. The smallest absolute Gasteiger partial charge is 0.194 e. The Balaban J connectivity index is 3.63. The molecule has 4 nitrogen and oxygen atoms in total. The summed E-state index contributed by atoms with van der Waals surface area (Å²) < 4.78 is 12.4. The number of hydrogen-bond acceptors (Lipinski definition) is 4. The summed E-state index contributed by atoms with van der Waals surface area (Å²) in [5.74, 6) is 0.678. The van der Waals surface area contributed by atoms with Gasteiger partial charge in [-0.2, -0.15) is 5.06 Å². The zero-order chi connectivity index (χ0) is 21.9. The van der Waals surface area contributed by atoms with E-state index in [0.717, 1.165) is 16.7 Å². The number of nitrogens with zero attached hydrogens (tertiary/aromatic N) is 1. The standard InChI is InChI=1S/C23H39NO3Si/c1-12-13-14-15-18-17(2)16-19(26-9)20(18)21(24(25)22(3,4)5)27-28(10,11)23(6,7)8/h12-16,21,25H,2H2,1,3-11H3. The van der Waals surface area contributed by atoms with E-state index in [1.807, 2.05) is 58.1 Å². The third-order valence-corrected chi connectivity index (χ3v) is 9.79. The van der Waals surface area contributed by atoms with Gasteiger partial charge >= 0.3 is 0 Å². The second-order valence-electron chi connectivity index (χ2n) is 9.70. The molecule has 0 aromatic rings. The maximum Gasteiger partial charge on any atom is 0.194 e. The highest BCUT2D eigenvalue weighted by Crippen LogP contribution is 2.42. The highest BCUT2D eigenvalue weighted by molar-refractivity contribution is 6.74. The normalized spacial score (nSPS) is 18.0. The minimum atomic E-state index is -2.20. The first-order chi connectivity index (χ1) is 12.7. The van der Waals surface area contributed by atoms with E-state index in [1.165, 1.54) is 5.06 Å². The molecule has 28 heavy (non-hydrogen) atoms. The van der Waals surface area contributed by atoms with Crippen LogP contribution >= 0.6 is 0 Å². The summed E-state index contributed by atoms with van der Waals surface area (Å²) in [5, 5.41) is 12.5. The molecule has 1 aliphatic rings. The highest BCUT2D eigenvalue weighted by atomic mass is 28.4. The number of hydrogen-bond donors (Lipinski definition) is 1. The number of rotatable bonds is 7. The molecule has 1 unspecified atom stereocenters. The molecule has 5 heteroatoms. The van der Waals surface area contributed by atoms with Crippen LogP contribution in [0, 0.1) is 0 Å². The molecule has 0 fully saturated rings. The van der Waals surface area contributed by atoms with Gasteiger partial charge in [-0.15, -0.1) is 0 Å². The predicted molar refractivity (Wildman–Crippen MR) is 121 cm³/mol. The zero-order valence-corrected chi connectivity index (χ0v) is 20.4. The topological polar surface area (TPSA) is 41.9 Å². The molecule has 0 spiro atoms. The third kappa shape index (κ3) is 5.57. The van der Waals surface area contributed by atoms with Gasteiger partial charge in [-0.25, -0.2) is 0 Å². The maximum absolute atomic E-state index is 11.2. The van der Waals surface area contributed by atoms with E-state index < -0.39 is 20.1 Å². The van der Waals surface area contributed by atoms with Crippen molar-refractivity contribution in [3.05, 3.63) is 59.4 Å². The lowest BCUT2D eigenvalue weighted by Crippen LogP contribution is -2.54. The molecule has 0 aliphatic heterocycles. The van der Waals surface area contributed by atoms with Crippen LogP contribution in [0.4, 0.5) is 0 Å². The molecule has 1 rings (SSSR count). The lowest BCUT2D eigenvalue weighted by atomic mass is 10.0. The van der Waals surface area contributed by atoms with Gasteiger partial charge < -0.3 is 14.4 Å². The van der Waals surface area contributed by atoms with E-state index in [0.29, 0.717) is 5.76 Å². The van der Waals surface area contributed by atoms with Crippen LogP contribution in [0.3, 0.4) is 0 Å². The van der Waals surface area contributed by atoms with Crippen molar-refractivity contribution in [2.45, 2.75) is 78.4 Å². The fraction of sp³-hybridized carbons (Fsp3) is 0.565. The van der Waals surface area contributed by atoms with Crippen molar-refractivity contribution in [2.75, 3.05) is 7.11 Å². The fourth-order valence-electron chi connectivity index (χ4n) is 2.54. The van der Waals surface area contributed by atoms with Crippen molar-refractivity contribution in [3.63, 3.8) is 0 Å². The SMILES string of the molecule is C=C1C=C(OC)C(C(O[Si](C)(C)C(C)(C)C)N(O)C(C)(C)C)=C1C=CC=CC. The largest absolute Gasteiger partial charge is 0.496 e. The van der Waals surface area contributed by atoms with Gasteiger partial charge in [0.25, 0.3) is 0 Å². The second kappa shape index (κ2) is 8.95. The van der Waals surface area contributed by atoms with Crippen LogP contribution in [0.1, 0.15) is 48.5 Å². The lowest BCUT2D eigenvalue weighted by molar-refractivity contribution is -0.226. The molecule has 0 aromatic heterocycles. The molecule has 0 radical (unpaired) electrons. The van der Waals surface area contributed by atoms with Crippen LogP contribution in [0.25, 0.3) is 0 Å². The molecule has 0 heterocycles. The Hall–Kier alpha value is -1.40. The summed E-state index contributed by atoms with van der Waals surface area (Å²) in [4.78, 5) is 0. The Morgan fingerprint density at radius 2 is 1.71 bits per heavy atom. The summed E-state index contributed by atoms with van der Waals surface area (Å²) in [5.41, 5.74) is 2.07. The molecule has 1 aliphatic carbocycles. The zero-order valence-electron chi connectivity index (χ0n) is 19.4. The van der Waals surface area contributed by atoms with E-state index in [2.05, 4.69) is 40.4 Å². The van der Waals surface area contributed by atoms with Crippen molar-refractivity contribution < 1.29 is 14.4 Å². The predicted octanol–water partition coefficient (Wildman–Crippen LogP) is 6.35. The molecule has 0 saturated heterocycles. The second-order valence-corrected chi connectivity index (χ2v) is 14.5. The Morgan fingerprint density at radius 1 is 1.14 bits per heavy atom. The van der Waals surface area contributed by atoms with E-state index in [4.69, 9.17) is 9.16 Å². The van der Waals surface area contributed by atoms with Crippen LogP contribution in [0.15, 0.2) is 59.4 Å². The van der Waals surface area contributed by atoms with Crippen LogP contribution < -0.4 is 0 Å². The molecular weight excluding hydrogens is 366 g/mol. The molecule has 1 N–H and O–H groups in total. The summed E-state index contributed by atoms with van der Waals surface area (Å²) in [6.45, 7) is 23.0. The van der Waals surface area contributed by atoms with Crippen molar-refractivity contribution in [1.82, 2.24) is 5.06 Å². The average Bonchev–Trinajstić information content (AvgIpc) is 2.86. The van der Waals surface area contributed by atoms with Crippen molar-refractivity contribution in [1.29, 1.82) is 0 Å². The lowest BCUT2D eigenvalue weighted by Gasteiger charge is -2.44. The quantitative estimate of drug-likeness (QED) is 0.232. The first-order valence-corrected chi connectivity index (χ1v) is 12.7. The highest BCUT2D eigenvalue weighted by Gasteiger charge is 2.45. The van der Waals surface area contributed by atoms with Gasteiger partial charge in [-0.3, -0.25) is 0 Å². The van der Waals surface area contributed by atoms with Gasteiger partial charge in [-0.05, 0) is 63.0 Å². The molecule has 0 saturated carbocycles. The first kappa shape index (κ1) is 24.6. The molecule has 0 bridgehead atoms. The van der Waals surface area contributed by atoms with Gasteiger partial charge in [-0.1, -0.05) is 51.7 Å². The van der Waals surface area contributed by atoms with E-state index >= 15 is 0 Å². The minimum Gasteiger partial charge on any atom is -0.496 e. The van der Waals surface area contributed by atoms with Crippen molar-refractivity contribution in [3.8, 4) is 0 Å². The monoisotopic (exact) mass is 405 g/mol. The number of hydroxylamine groups is 2. The van der Waals surface area contributed by atoms with E-state index in [9.17, 15) is 5.21 Å². The van der Waals surface area contributed by atoms with Crippen LogP contribution in [0.2, 0.25) is 18.1 Å². The van der Waals surface area contributed by atoms with Gasteiger partial charge in [0.05, 0.1) is 7.11 Å². The molecule has 158 valence electrons. The Bertz CT molecular complexity index is 700. The van der Waals surface area contributed by atoms with E-state index in [-0.39, 0.29) is 5.04 Å². The Kier molecular flexibility index (Phi) is 7.87. The Labute approximate surface area is 173 Å². The van der Waals surface area contributed by atoms with Gasteiger partial charge in [0.1, 0.15) is 5.76 Å². The molecular formula is C23H39NO3Si. The molecule has 0 aromatic carbocycles. The van der Waals surface area contributed by atoms with Gasteiger partial charge in [0.2, 0.25) is 0 Å². The minimum absolute atomic E-state index is 0.00194. The van der Waals surface area contributed by atoms with Crippen molar-refractivity contribution >= 4 is 8.32 Å². The van der Waals surface area contributed by atoms with Gasteiger partial charge in [0, 0.05) is 11.1 Å². The maximum atomic E-state index is 11.2. The number of ether oxygens (including phenoxy) is 1. The summed E-state index contributed by atoms with van der Waals surface area (Å²) in [6.07, 6.45) is 9.15. The fourth-order valence-corrected chi connectivity index (χ4v) is 3.67. The summed E-state index contributed by atoms with van der Waals surface area (Å²) in [6, 6.07) is 0. The Morgan fingerprint density at radius 3 is 2.14 bits per heavy atom. The number of allylic oxidation sites excluding steroid dienone is 7. The van der Waals surface area contributed by atoms with Crippen molar-refractivity contribution in [2.24, 2.45) is 0 Å². The van der Waals surface area contributed by atoms with Gasteiger partial charge in [0.15, 0.2) is 14.5 Å².